The number of ether oxygens (including phenoxy) is 8. The summed E-state index contributed by atoms with van der Waals surface area (Å²) in [6.07, 6.45) is 0.914. The van der Waals surface area contributed by atoms with Crippen LogP contribution in [0.25, 0.3) is 0 Å². The third-order valence-electron chi connectivity index (χ3n) is 4.65. The fourth-order valence-electron chi connectivity index (χ4n) is 3.56. The topological polar surface area (TPSA) is 90.9 Å². The van der Waals surface area contributed by atoms with E-state index in [1.54, 1.807) is 0 Å². The van der Waals surface area contributed by atoms with Gasteiger partial charge >= 0.3 is 0 Å². The number of carbonyl (C=O) groups excluding carboxylic acids is 1. The Morgan fingerprint density at radius 2 is 1.59 bits per heavy atom. The van der Waals surface area contributed by atoms with Crippen molar-refractivity contribution in [3.05, 3.63) is 0 Å². The molecule has 3 aliphatic heterocycles. The second kappa shape index (κ2) is 9.71. The fraction of sp³-hybridized carbons (Fsp3) is 0.944. The first-order chi connectivity index (χ1) is 13.0. The molecule has 0 aromatic carbocycles. The maximum absolute atomic E-state index is 10.1. The third-order valence-corrected chi connectivity index (χ3v) is 4.65. The quantitative estimate of drug-likeness (QED) is 0.325. The normalized spacial score (nSPS) is 33.9. The van der Waals surface area contributed by atoms with Crippen molar-refractivity contribution < 1.29 is 42.7 Å². The minimum Gasteiger partial charge on any atom is -0.377 e. The van der Waals surface area contributed by atoms with Crippen LogP contribution in [0.4, 0.5) is 0 Å². The largest absolute Gasteiger partial charge is 0.377 e. The Balaban J connectivity index is 1.26. The molecule has 3 heterocycles. The molecule has 0 radical (unpaired) electrons. The number of carbonyl (C=O) groups is 1. The first-order valence-corrected chi connectivity index (χ1v) is 9.44. The van der Waals surface area contributed by atoms with Gasteiger partial charge in [0.15, 0.2) is 12.1 Å². The molecule has 4 atom stereocenters. The molecule has 0 aromatic rings. The van der Waals surface area contributed by atoms with E-state index in [1.807, 2.05) is 13.8 Å². The molecule has 0 aromatic heterocycles. The van der Waals surface area contributed by atoms with E-state index in [4.69, 9.17) is 37.9 Å². The van der Waals surface area contributed by atoms with Crippen LogP contribution in [-0.4, -0.2) is 95.6 Å². The number of rotatable bonds is 13. The molecule has 9 heteroatoms. The number of aldehydes is 1. The number of fused-ring (bicyclic) bond motifs is 4. The summed E-state index contributed by atoms with van der Waals surface area (Å²) in [4.78, 5) is 10.1. The van der Waals surface area contributed by atoms with E-state index in [2.05, 4.69) is 0 Å². The highest BCUT2D eigenvalue weighted by Gasteiger charge is 2.61. The van der Waals surface area contributed by atoms with Crippen LogP contribution >= 0.6 is 0 Å². The molecule has 3 saturated heterocycles. The molecule has 3 fully saturated rings. The molecule has 0 amide bonds. The Labute approximate surface area is 159 Å². The first kappa shape index (κ1) is 21.1. The highest BCUT2D eigenvalue weighted by Crippen LogP contribution is 2.46. The maximum atomic E-state index is 10.1. The van der Waals surface area contributed by atoms with Crippen molar-refractivity contribution in [1.82, 2.24) is 0 Å². The SMILES string of the molecule is CC1(C)OC2CC3OCC(COCCOCCOCCOCC=O)(O3)C2O1. The van der Waals surface area contributed by atoms with Crippen LogP contribution < -0.4 is 0 Å². The van der Waals surface area contributed by atoms with Crippen LogP contribution in [0, 0.1) is 0 Å². The Bertz CT molecular complexity index is 472. The van der Waals surface area contributed by atoms with Crippen LogP contribution in [0.3, 0.4) is 0 Å². The van der Waals surface area contributed by atoms with Gasteiger partial charge in [0.05, 0.1) is 59.0 Å². The van der Waals surface area contributed by atoms with Crippen molar-refractivity contribution in [2.45, 2.75) is 50.2 Å². The lowest BCUT2D eigenvalue weighted by Crippen LogP contribution is -2.56. The van der Waals surface area contributed by atoms with E-state index < -0.39 is 11.4 Å². The fourth-order valence-corrected chi connectivity index (χ4v) is 3.56. The molecule has 0 spiro atoms. The van der Waals surface area contributed by atoms with E-state index in [-0.39, 0.29) is 25.1 Å². The molecule has 3 rings (SSSR count). The molecular formula is C18H30O9. The van der Waals surface area contributed by atoms with Gasteiger partial charge in [-0.15, -0.1) is 0 Å². The van der Waals surface area contributed by atoms with Crippen molar-refractivity contribution >= 4 is 6.29 Å². The summed E-state index contributed by atoms with van der Waals surface area (Å²) in [7, 11) is 0. The van der Waals surface area contributed by atoms with Gasteiger partial charge in [-0.1, -0.05) is 0 Å². The maximum Gasteiger partial charge on any atom is 0.163 e. The third kappa shape index (κ3) is 5.68. The van der Waals surface area contributed by atoms with Crippen molar-refractivity contribution in [1.29, 1.82) is 0 Å². The van der Waals surface area contributed by atoms with Crippen LogP contribution in [0.5, 0.6) is 0 Å². The Morgan fingerprint density at radius 3 is 2.30 bits per heavy atom. The summed E-state index contributed by atoms with van der Waals surface area (Å²) >= 11 is 0. The van der Waals surface area contributed by atoms with E-state index in [1.165, 1.54) is 0 Å². The van der Waals surface area contributed by atoms with Gasteiger partial charge in [-0.05, 0) is 13.8 Å². The summed E-state index contributed by atoms with van der Waals surface area (Å²) in [5.74, 6) is -0.614. The number of hydrogen-bond acceptors (Lipinski definition) is 9. The Hall–Kier alpha value is -0.650. The van der Waals surface area contributed by atoms with Crippen molar-refractivity contribution in [3.8, 4) is 0 Å². The predicted molar refractivity (Wildman–Crippen MR) is 91.3 cm³/mol. The van der Waals surface area contributed by atoms with Gasteiger partial charge in [-0.25, -0.2) is 0 Å². The number of hydrogen-bond donors (Lipinski definition) is 0. The molecule has 2 bridgehead atoms. The monoisotopic (exact) mass is 390 g/mol. The van der Waals surface area contributed by atoms with Gasteiger partial charge in [0.2, 0.25) is 0 Å². The van der Waals surface area contributed by atoms with Gasteiger partial charge in [0.1, 0.15) is 24.6 Å². The summed E-state index contributed by atoms with van der Waals surface area (Å²) in [5.41, 5.74) is -0.619. The van der Waals surface area contributed by atoms with Crippen LogP contribution in [0.1, 0.15) is 20.3 Å². The lowest BCUT2D eigenvalue weighted by molar-refractivity contribution is -0.204. The van der Waals surface area contributed by atoms with Gasteiger partial charge in [0.25, 0.3) is 0 Å². The summed E-state index contributed by atoms with van der Waals surface area (Å²) in [6, 6.07) is 0. The Morgan fingerprint density at radius 1 is 0.926 bits per heavy atom. The zero-order valence-corrected chi connectivity index (χ0v) is 16.1. The van der Waals surface area contributed by atoms with E-state index in [0.717, 1.165) is 0 Å². The van der Waals surface area contributed by atoms with Crippen molar-refractivity contribution in [2.24, 2.45) is 0 Å². The lowest BCUT2D eigenvalue weighted by Gasteiger charge is -2.38. The molecule has 9 nitrogen and oxygen atoms in total. The molecule has 156 valence electrons. The molecule has 4 unspecified atom stereocenters. The summed E-state index contributed by atoms with van der Waals surface area (Å²) in [5, 5.41) is 0. The zero-order valence-electron chi connectivity index (χ0n) is 16.1. The lowest BCUT2D eigenvalue weighted by atomic mass is 9.91. The van der Waals surface area contributed by atoms with E-state index >= 15 is 0 Å². The summed E-state index contributed by atoms with van der Waals surface area (Å²) in [6.45, 7) is 7.44. The second-order valence-electron chi connectivity index (χ2n) is 7.27. The molecule has 0 saturated carbocycles. The van der Waals surface area contributed by atoms with Crippen LogP contribution in [-0.2, 0) is 42.7 Å². The minimum atomic E-state index is -0.619. The average Bonchev–Trinajstić information content (AvgIpc) is 3.14. The molecule has 27 heavy (non-hydrogen) atoms. The van der Waals surface area contributed by atoms with Gasteiger partial charge < -0.3 is 42.7 Å². The van der Waals surface area contributed by atoms with Crippen molar-refractivity contribution in [3.63, 3.8) is 0 Å². The average molecular weight is 390 g/mol. The Kier molecular flexibility index (Phi) is 7.57. The first-order valence-electron chi connectivity index (χ1n) is 9.44. The second-order valence-corrected chi connectivity index (χ2v) is 7.27. The molecular weight excluding hydrogens is 360 g/mol. The van der Waals surface area contributed by atoms with Crippen LogP contribution in [0.2, 0.25) is 0 Å². The van der Waals surface area contributed by atoms with Crippen LogP contribution in [0.15, 0.2) is 0 Å². The molecule has 0 aliphatic carbocycles. The van der Waals surface area contributed by atoms with E-state index in [0.29, 0.717) is 65.6 Å². The van der Waals surface area contributed by atoms with Gasteiger partial charge in [0, 0.05) is 6.42 Å². The standard InChI is InChI=1S/C18H30O9/c1-17(2)25-14-11-15-24-13-18(26-15,16(14)27-17)12-23-10-9-22-8-7-21-6-5-20-4-3-19/h3,14-16H,4-13H2,1-2H3. The van der Waals surface area contributed by atoms with Gasteiger partial charge in [-0.2, -0.15) is 0 Å². The predicted octanol–water partition coefficient (Wildman–Crippen LogP) is 0.287. The highest BCUT2D eigenvalue weighted by atomic mass is 16.8. The molecule has 3 aliphatic rings. The van der Waals surface area contributed by atoms with E-state index in [9.17, 15) is 4.79 Å². The summed E-state index contributed by atoms with van der Waals surface area (Å²) < 4.78 is 45.3. The molecule has 0 N–H and O–H groups in total. The van der Waals surface area contributed by atoms with Crippen molar-refractivity contribution in [2.75, 3.05) is 59.5 Å². The highest BCUT2D eigenvalue weighted by molar-refractivity contribution is 5.50. The minimum absolute atomic E-state index is 0.0336. The van der Waals surface area contributed by atoms with Gasteiger partial charge in [-0.3, -0.25) is 0 Å². The smallest absolute Gasteiger partial charge is 0.163 e. The zero-order chi connectivity index (χ0) is 19.2.